The van der Waals surface area contributed by atoms with E-state index in [9.17, 15) is 9.50 Å². The summed E-state index contributed by atoms with van der Waals surface area (Å²) in [5.74, 6) is -0.360. The molecule has 100 valence electrons. The molecule has 0 radical (unpaired) electrons. The standard InChI is InChI=1S/C15H12FN3O/c16-13-3-1-2-4-14(13)19-9-12(10-20)15(18-19)11-5-7-17-8-6-11/h1-9,20H,10H2. The highest BCUT2D eigenvalue weighted by molar-refractivity contribution is 5.62. The normalized spacial score (nSPS) is 10.7. The Balaban J connectivity index is 2.13. The minimum atomic E-state index is -0.360. The first-order chi connectivity index (χ1) is 9.79. The lowest BCUT2D eigenvalue weighted by atomic mass is 10.1. The van der Waals surface area contributed by atoms with Crippen molar-refractivity contribution >= 4 is 0 Å². The molecule has 0 saturated heterocycles. The lowest BCUT2D eigenvalue weighted by Crippen LogP contribution is -1.98. The van der Waals surface area contributed by atoms with E-state index < -0.39 is 0 Å². The lowest BCUT2D eigenvalue weighted by Gasteiger charge is -2.02. The molecule has 5 heteroatoms. The monoisotopic (exact) mass is 269 g/mol. The fraction of sp³-hybridized carbons (Fsp3) is 0.0667. The Morgan fingerprint density at radius 1 is 1.10 bits per heavy atom. The number of halogens is 1. The van der Waals surface area contributed by atoms with Crippen LogP contribution in [0.1, 0.15) is 5.56 Å². The number of para-hydroxylation sites is 1. The molecule has 3 rings (SSSR count). The van der Waals surface area contributed by atoms with Crippen LogP contribution in [-0.2, 0) is 6.61 Å². The number of aromatic nitrogens is 3. The van der Waals surface area contributed by atoms with Gasteiger partial charge in [-0.25, -0.2) is 9.07 Å². The number of rotatable bonds is 3. The number of hydrogen-bond donors (Lipinski definition) is 1. The molecule has 3 aromatic rings. The molecule has 0 unspecified atom stereocenters. The van der Waals surface area contributed by atoms with Gasteiger partial charge in [-0.2, -0.15) is 5.10 Å². The summed E-state index contributed by atoms with van der Waals surface area (Å²) in [5.41, 5.74) is 2.44. The number of nitrogens with zero attached hydrogens (tertiary/aromatic N) is 3. The Labute approximate surface area is 115 Å². The van der Waals surface area contributed by atoms with Gasteiger partial charge < -0.3 is 5.11 Å². The topological polar surface area (TPSA) is 50.9 Å². The molecule has 1 N–H and O–H groups in total. The smallest absolute Gasteiger partial charge is 0.148 e. The van der Waals surface area contributed by atoms with E-state index in [1.165, 1.54) is 10.7 Å². The van der Waals surface area contributed by atoms with Crippen LogP contribution in [0.15, 0.2) is 55.0 Å². The van der Waals surface area contributed by atoms with E-state index in [4.69, 9.17) is 0 Å². The number of benzene rings is 1. The second-order valence-corrected chi connectivity index (χ2v) is 4.29. The number of pyridine rings is 1. The predicted octanol–water partition coefficient (Wildman–Crippen LogP) is 2.57. The van der Waals surface area contributed by atoms with Gasteiger partial charge >= 0.3 is 0 Å². The van der Waals surface area contributed by atoms with Gasteiger partial charge in [-0.1, -0.05) is 12.1 Å². The average Bonchev–Trinajstić information content (AvgIpc) is 2.92. The van der Waals surface area contributed by atoms with E-state index in [1.807, 2.05) is 0 Å². The fourth-order valence-corrected chi connectivity index (χ4v) is 2.04. The number of aliphatic hydroxyl groups excluding tert-OH is 1. The van der Waals surface area contributed by atoms with Crippen LogP contribution >= 0.6 is 0 Å². The van der Waals surface area contributed by atoms with Gasteiger partial charge in [0.1, 0.15) is 11.5 Å². The van der Waals surface area contributed by atoms with Gasteiger partial charge in [0, 0.05) is 29.7 Å². The quantitative estimate of drug-likeness (QED) is 0.795. The van der Waals surface area contributed by atoms with E-state index >= 15 is 0 Å². The number of hydrogen-bond acceptors (Lipinski definition) is 3. The van der Waals surface area contributed by atoms with Crippen molar-refractivity contribution in [1.82, 2.24) is 14.8 Å². The van der Waals surface area contributed by atoms with Gasteiger partial charge in [0.2, 0.25) is 0 Å². The first kappa shape index (κ1) is 12.5. The molecule has 0 aliphatic carbocycles. The van der Waals surface area contributed by atoms with Gasteiger partial charge in [0.15, 0.2) is 0 Å². The van der Waals surface area contributed by atoms with Crippen molar-refractivity contribution in [2.45, 2.75) is 6.61 Å². The maximum Gasteiger partial charge on any atom is 0.148 e. The summed E-state index contributed by atoms with van der Waals surface area (Å²) in [6.07, 6.45) is 4.94. The Hall–Kier alpha value is -2.53. The molecule has 0 aliphatic rings. The highest BCUT2D eigenvalue weighted by Crippen LogP contribution is 2.23. The van der Waals surface area contributed by atoms with Crippen LogP contribution in [-0.4, -0.2) is 19.9 Å². The molecule has 2 aromatic heterocycles. The summed E-state index contributed by atoms with van der Waals surface area (Å²) in [6.45, 7) is -0.161. The molecule has 20 heavy (non-hydrogen) atoms. The van der Waals surface area contributed by atoms with Crippen LogP contribution in [0, 0.1) is 5.82 Å². The van der Waals surface area contributed by atoms with E-state index in [-0.39, 0.29) is 12.4 Å². The third-order valence-corrected chi connectivity index (χ3v) is 3.01. The van der Waals surface area contributed by atoms with Crippen LogP contribution in [0.5, 0.6) is 0 Å². The molecule has 4 nitrogen and oxygen atoms in total. The summed E-state index contributed by atoms with van der Waals surface area (Å²) in [7, 11) is 0. The Kier molecular flexibility index (Phi) is 3.26. The Morgan fingerprint density at radius 2 is 1.85 bits per heavy atom. The largest absolute Gasteiger partial charge is 0.392 e. The van der Waals surface area contributed by atoms with E-state index in [2.05, 4.69) is 10.1 Å². The highest BCUT2D eigenvalue weighted by atomic mass is 19.1. The van der Waals surface area contributed by atoms with Crippen molar-refractivity contribution < 1.29 is 9.50 Å². The lowest BCUT2D eigenvalue weighted by molar-refractivity contribution is 0.282. The Morgan fingerprint density at radius 3 is 2.55 bits per heavy atom. The van der Waals surface area contributed by atoms with Gasteiger partial charge in [-0.05, 0) is 24.3 Å². The maximum absolute atomic E-state index is 13.8. The molecule has 0 bridgehead atoms. The maximum atomic E-state index is 13.8. The minimum absolute atomic E-state index is 0.161. The third-order valence-electron chi connectivity index (χ3n) is 3.01. The van der Waals surface area contributed by atoms with Crippen LogP contribution in [0.3, 0.4) is 0 Å². The summed E-state index contributed by atoms with van der Waals surface area (Å²) in [4.78, 5) is 3.95. The van der Waals surface area contributed by atoms with Crippen molar-refractivity contribution in [3.8, 4) is 16.9 Å². The molecule has 1 aromatic carbocycles. The first-order valence-corrected chi connectivity index (χ1v) is 6.14. The van der Waals surface area contributed by atoms with Crippen molar-refractivity contribution in [1.29, 1.82) is 0 Å². The van der Waals surface area contributed by atoms with Crippen molar-refractivity contribution in [2.75, 3.05) is 0 Å². The third kappa shape index (κ3) is 2.19. The summed E-state index contributed by atoms with van der Waals surface area (Å²) in [6, 6.07) is 9.98. The van der Waals surface area contributed by atoms with Crippen LogP contribution in [0.4, 0.5) is 4.39 Å². The van der Waals surface area contributed by atoms with Gasteiger partial charge in [0.05, 0.1) is 12.3 Å². The van der Waals surface area contributed by atoms with E-state index in [1.54, 1.807) is 48.9 Å². The first-order valence-electron chi connectivity index (χ1n) is 6.14. The predicted molar refractivity (Wildman–Crippen MR) is 72.7 cm³/mol. The zero-order chi connectivity index (χ0) is 13.9. The highest BCUT2D eigenvalue weighted by Gasteiger charge is 2.13. The second-order valence-electron chi connectivity index (χ2n) is 4.29. The average molecular weight is 269 g/mol. The molecular formula is C15H12FN3O. The van der Waals surface area contributed by atoms with Crippen LogP contribution in [0.2, 0.25) is 0 Å². The summed E-state index contributed by atoms with van der Waals surface area (Å²) >= 11 is 0. The number of aliphatic hydroxyl groups is 1. The SMILES string of the molecule is OCc1cn(-c2ccccc2F)nc1-c1ccncc1. The van der Waals surface area contributed by atoms with E-state index in [0.29, 0.717) is 16.9 Å². The molecule has 0 atom stereocenters. The van der Waals surface area contributed by atoms with Crippen molar-refractivity contribution in [2.24, 2.45) is 0 Å². The Bertz CT molecular complexity index is 725. The van der Waals surface area contributed by atoms with E-state index in [0.717, 1.165) is 5.56 Å². The van der Waals surface area contributed by atoms with Crippen molar-refractivity contribution in [3.05, 3.63) is 66.4 Å². The summed E-state index contributed by atoms with van der Waals surface area (Å²) in [5, 5.41) is 13.8. The summed E-state index contributed by atoms with van der Waals surface area (Å²) < 4.78 is 15.2. The zero-order valence-electron chi connectivity index (χ0n) is 10.6. The van der Waals surface area contributed by atoms with Crippen molar-refractivity contribution in [3.63, 3.8) is 0 Å². The second kappa shape index (κ2) is 5.22. The minimum Gasteiger partial charge on any atom is -0.392 e. The molecule has 0 saturated carbocycles. The van der Waals surface area contributed by atoms with Gasteiger partial charge in [-0.15, -0.1) is 0 Å². The van der Waals surface area contributed by atoms with Crippen LogP contribution in [0.25, 0.3) is 16.9 Å². The molecule has 0 amide bonds. The van der Waals surface area contributed by atoms with Gasteiger partial charge in [0.25, 0.3) is 0 Å². The van der Waals surface area contributed by atoms with Gasteiger partial charge in [-0.3, -0.25) is 4.98 Å². The molecule has 0 aliphatic heterocycles. The fourth-order valence-electron chi connectivity index (χ4n) is 2.04. The molecule has 0 fully saturated rings. The van der Waals surface area contributed by atoms with Crippen LogP contribution < -0.4 is 0 Å². The molecular weight excluding hydrogens is 257 g/mol. The zero-order valence-corrected chi connectivity index (χ0v) is 10.6. The molecule has 2 heterocycles. The molecule has 0 spiro atoms.